The summed E-state index contributed by atoms with van der Waals surface area (Å²) in [4.78, 5) is 22.0. The zero-order chi connectivity index (χ0) is 11.2. The van der Waals surface area contributed by atoms with E-state index in [0.717, 1.165) is 0 Å². The van der Waals surface area contributed by atoms with Crippen LogP contribution >= 0.6 is 11.8 Å². The van der Waals surface area contributed by atoms with E-state index < -0.39 is 5.41 Å². The Morgan fingerprint density at radius 3 is 2.50 bits per heavy atom. The van der Waals surface area contributed by atoms with Crippen molar-refractivity contribution >= 4 is 23.6 Å². The first-order valence-corrected chi connectivity index (χ1v) is 5.25. The standard InChI is InChI=1S/C8H16N2O3S/c1-8(2,7(12)10-9)5-14-4-6(11)13-3/h4-5,9H2,1-3H3,(H,10,12). The lowest BCUT2D eigenvalue weighted by Crippen LogP contribution is -2.42. The van der Waals surface area contributed by atoms with Gasteiger partial charge in [0.2, 0.25) is 5.91 Å². The van der Waals surface area contributed by atoms with Gasteiger partial charge < -0.3 is 4.74 Å². The van der Waals surface area contributed by atoms with Gasteiger partial charge in [0.05, 0.1) is 18.3 Å². The molecule has 5 nitrogen and oxygen atoms in total. The van der Waals surface area contributed by atoms with Gasteiger partial charge in [-0.15, -0.1) is 11.8 Å². The summed E-state index contributed by atoms with van der Waals surface area (Å²) in [6, 6.07) is 0. The van der Waals surface area contributed by atoms with E-state index in [4.69, 9.17) is 5.84 Å². The van der Waals surface area contributed by atoms with E-state index in [2.05, 4.69) is 10.2 Å². The predicted octanol–water partition coefficient (Wildman–Crippen LogP) is -0.0913. The van der Waals surface area contributed by atoms with Gasteiger partial charge in [-0.1, -0.05) is 13.8 Å². The average Bonchev–Trinajstić information content (AvgIpc) is 2.15. The van der Waals surface area contributed by atoms with Crippen molar-refractivity contribution < 1.29 is 14.3 Å². The van der Waals surface area contributed by atoms with Gasteiger partial charge in [-0.25, -0.2) is 5.84 Å². The zero-order valence-electron chi connectivity index (χ0n) is 8.62. The van der Waals surface area contributed by atoms with Gasteiger partial charge in [0, 0.05) is 5.75 Å². The van der Waals surface area contributed by atoms with Crippen LogP contribution in [0.1, 0.15) is 13.8 Å². The Morgan fingerprint density at radius 2 is 2.07 bits per heavy atom. The minimum atomic E-state index is -0.576. The number of thioether (sulfide) groups is 1. The molecule has 0 aromatic carbocycles. The molecule has 0 aromatic rings. The van der Waals surface area contributed by atoms with Crippen molar-refractivity contribution in [3.05, 3.63) is 0 Å². The highest BCUT2D eigenvalue weighted by Crippen LogP contribution is 2.21. The number of hydrogen-bond donors (Lipinski definition) is 2. The number of carbonyl (C=O) groups is 2. The molecule has 14 heavy (non-hydrogen) atoms. The Bertz CT molecular complexity index is 219. The maximum absolute atomic E-state index is 11.2. The van der Waals surface area contributed by atoms with Crippen molar-refractivity contribution in [2.45, 2.75) is 13.8 Å². The van der Waals surface area contributed by atoms with Crippen LogP contribution in [0, 0.1) is 5.41 Å². The molecule has 0 rings (SSSR count). The van der Waals surface area contributed by atoms with Crippen LogP contribution in [0.5, 0.6) is 0 Å². The highest BCUT2D eigenvalue weighted by molar-refractivity contribution is 7.99. The molecule has 0 unspecified atom stereocenters. The Hall–Kier alpha value is -0.750. The fourth-order valence-corrected chi connectivity index (χ4v) is 1.74. The Kier molecular flexibility index (Phi) is 5.56. The molecule has 0 saturated carbocycles. The lowest BCUT2D eigenvalue weighted by atomic mass is 9.96. The number of carbonyl (C=O) groups excluding carboxylic acids is 2. The summed E-state index contributed by atoms with van der Waals surface area (Å²) < 4.78 is 4.47. The Morgan fingerprint density at radius 1 is 1.50 bits per heavy atom. The molecule has 82 valence electrons. The minimum absolute atomic E-state index is 0.241. The number of amides is 1. The van der Waals surface area contributed by atoms with Gasteiger partial charge in [-0.05, 0) is 0 Å². The van der Waals surface area contributed by atoms with Crippen molar-refractivity contribution in [2.75, 3.05) is 18.6 Å². The van der Waals surface area contributed by atoms with Crippen LogP contribution in [0.4, 0.5) is 0 Å². The summed E-state index contributed by atoms with van der Waals surface area (Å²) in [7, 11) is 1.33. The van der Waals surface area contributed by atoms with Crippen LogP contribution in [0.25, 0.3) is 0 Å². The number of nitrogens with one attached hydrogen (secondary N) is 1. The first-order valence-electron chi connectivity index (χ1n) is 4.09. The number of ether oxygens (including phenoxy) is 1. The summed E-state index contributed by atoms with van der Waals surface area (Å²) in [5.74, 6) is 5.25. The molecule has 0 aliphatic heterocycles. The van der Waals surface area contributed by atoms with Crippen molar-refractivity contribution in [1.82, 2.24) is 5.43 Å². The van der Waals surface area contributed by atoms with E-state index in [0.29, 0.717) is 5.75 Å². The van der Waals surface area contributed by atoms with E-state index in [-0.39, 0.29) is 17.6 Å². The quantitative estimate of drug-likeness (QED) is 0.293. The molecule has 0 atom stereocenters. The first kappa shape index (κ1) is 13.2. The first-order chi connectivity index (χ1) is 6.44. The summed E-state index contributed by atoms with van der Waals surface area (Å²) >= 11 is 1.35. The number of rotatable bonds is 5. The van der Waals surface area contributed by atoms with E-state index in [1.54, 1.807) is 13.8 Å². The van der Waals surface area contributed by atoms with Crippen molar-refractivity contribution in [3.8, 4) is 0 Å². The number of esters is 1. The highest BCUT2D eigenvalue weighted by Gasteiger charge is 2.26. The van der Waals surface area contributed by atoms with Crippen LogP contribution in [0.2, 0.25) is 0 Å². The van der Waals surface area contributed by atoms with Gasteiger partial charge in [-0.3, -0.25) is 15.0 Å². The molecule has 6 heteroatoms. The monoisotopic (exact) mass is 220 g/mol. The number of methoxy groups -OCH3 is 1. The molecule has 0 bridgehead atoms. The van der Waals surface area contributed by atoms with E-state index in [1.807, 2.05) is 0 Å². The van der Waals surface area contributed by atoms with Gasteiger partial charge >= 0.3 is 5.97 Å². The molecule has 0 aromatic heterocycles. The number of hydrogen-bond acceptors (Lipinski definition) is 5. The lowest BCUT2D eigenvalue weighted by molar-refractivity contribution is -0.137. The highest BCUT2D eigenvalue weighted by atomic mass is 32.2. The van der Waals surface area contributed by atoms with Gasteiger partial charge in [0.1, 0.15) is 0 Å². The maximum Gasteiger partial charge on any atom is 0.315 e. The summed E-state index contributed by atoms with van der Waals surface area (Å²) in [5, 5.41) is 0. The van der Waals surface area contributed by atoms with Crippen LogP contribution in [0.15, 0.2) is 0 Å². The molecule has 0 radical (unpaired) electrons. The second-order valence-corrected chi connectivity index (χ2v) is 4.41. The zero-order valence-corrected chi connectivity index (χ0v) is 9.44. The summed E-state index contributed by atoms with van der Waals surface area (Å²) in [5.41, 5.74) is 1.51. The summed E-state index contributed by atoms with van der Waals surface area (Å²) in [6.07, 6.45) is 0. The molecule has 0 heterocycles. The molecule has 0 aliphatic carbocycles. The summed E-state index contributed by atoms with van der Waals surface area (Å²) in [6.45, 7) is 3.53. The SMILES string of the molecule is COC(=O)CSCC(C)(C)C(=O)NN. The van der Waals surface area contributed by atoms with Crippen molar-refractivity contribution in [2.24, 2.45) is 11.3 Å². The largest absolute Gasteiger partial charge is 0.468 e. The second kappa shape index (κ2) is 5.87. The third-order valence-corrected chi connectivity index (χ3v) is 3.02. The molecule has 1 amide bonds. The van der Waals surface area contributed by atoms with Gasteiger partial charge in [0.25, 0.3) is 0 Å². The molecule has 0 fully saturated rings. The lowest BCUT2D eigenvalue weighted by Gasteiger charge is -2.21. The minimum Gasteiger partial charge on any atom is -0.468 e. The third-order valence-electron chi connectivity index (χ3n) is 1.66. The van der Waals surface area contributed by atoms with E-state index in [9.17, 15) is 9.59 Å². The van der Waals surface area contributed by atoms with Crippen LogP contribution in [-0.4, -0.2) is 30.5 Å². The van der Waals surface area contributed by atoms with Crippen molar-refractivity contribution in [3.63, 3.8) is 0 Å². The van der Waals surface area contributed by atoms with Gasteiger partial charge in [0.15, 0.2) is 0 Å². The van der Waals surface area contributed by atoms with Crippen LogP contribution in [-0.2, 0) is 14.3 Å². The number of hydrazine groups is 1. The van der Waals surface area contributed by atoms with Crippen LogP contribution < -0.4 is 11.3 Å². The van der Waals surface area contributed by atoms with Crippen molar-refractivity contribution in [1.29, 1.82) is 0 Å². The fourth-order valence-electron chi connectivity index (χ4n) is 0.709. The van der Waals surface area contributed by atoms with Gasteiger partial charge in [-0.2, -0.15) is 0 Å². The topological polar surface area (TPSA) is 81.4 Å². The molecule has 0 saturated heterocycles. The van der Waals surface area contributed by atoms with Crippen LogP contribution in [0.3, 0.4) is 0 Å². The molecule has 0 aliphatic rings. The maximum atomic E-state index is 11.2. The molecule has 3 N–H and O–H groups in total. The van der Waals surface area contributed by atoms with E-state index >= 15 is 0 Å². The number of nitrogens with two attached hydrogens (primary N) is 1. The second-order valence-electron chi connectivity index (χ2n) is 3.43. The average molecular weight is 220 g/mol. The smallest absolute Gasteiger partial charge is 0.315 e. The molecular formula is C8H16N2O3S. The van der Waals surface area contributed by atoms with E-state index in [1.165, 1.54) is 18.9 Å². The Balaban J connectivity index is 3.88. The third kappa shape index (κ3) is 4.48. The predicted molar refractivity (Wildman–Crippen MR) is 55.5 cm³/mol. The Labute approximate surface area is 87.7 Å². The normalized spacial score (nSPS) is 10.9. The molecular weight excluding hydrogens is 204 g/mol. The molecule has 0 spiro atoms. The fraction of sp³-hybridized carbons (Fsp3) is 0.750.